The van der Waals surface area contributed by atoms with Gasteiger partial charge in [0.15, 0.2) is 0 Å². The molecule has 112 valence electrons. The molecule has 0 unspecified atom stereocenters. The smallest absolute Gasteiger partial charge is 0.245 e. The van der Waals surface area contributed by atoms with Crippen molar-refractivity contribution in [3.8, 4) is 0 Å². The van der Waals surface area contributed by atoms with Gasteiger partial charge in [0.1, 0.15) is 4.90 Å². The molecule has 21 heavy (non-hydrogen) atoms. The van der Waals surface area contributed by atoms with Crippen molar-refractivity contribution in [2.24, 2.45) is 0 Å². The second-order valence-corrected chi connectivity index (χ2v) is 7.38. The molecule has 0 saturated carbocycles. The fourth-order valence-electron chi connectivity index (χ4n) is 2.05. The first kappa shape index (κ1) is 15.8. The van der Waals surface area contributed by atoms with E-state index in [0.29, 0.717) is 5.02 Å². The van der Waals surface area contributed by atoms with Gasteiger partial charge in [-0.05, 0) is 30.7 Å². The molecule has 0 aliphatic heterocycles. The summed E-state index contributed by atoms with van der Waals surface area (Å²) in [6.45, 7) is 2.24. The van der Waals surface area contributed by atoms with Crippen LogP contribution in [0.5, 0.6) is 0 Å². The number of nitrogens with zero attached hydrogens (tertiary/aromatic N) is 1. The van der Waals surface area contributed by atoms with Crippen molar-refractivity contribution in [3.05, 3.63) is 58.6 Å². The minimum atomic E-state index is -3.68. The van der Waals surface area contributed by atoms with E-state index in [9.17, 15) is 8.42 Å². The number of aryl methyl sites for hydroxylation is 1. The molecular formula is C15H17ClN2O2S. The molecule has 0 amide bonds. The zero-order valence-corrected chi connectivity index (χ0v) is 13.4. The summed E-state index contributed by atoms with van der Waals surface area (Å²) in [6, 6.07) is 12.1. The number of benzene rings is 2. The van der Waals surface area contributed by atoms with Crippen LogP contribution in [-0.4, -0.2) is 19.8 Å². The third-order valence-corrected chi connectivity index (χ3v) is 5.25. The summed E-state index contributed by atoms with van der Waals surface area (Å²) in [7, 11) is -2.15. The molecule has 6 heteroatoms. The fourth-order valence-corrected chi connectivity index (χ4v) is 3.59. The Morgan fingerprint density at radius 3 is 2.57 bits per heavy atom. The van der Waals surface area contributed by atoms with Crippen molar-refractivity contribution in [2.45, 2.75) is 18.4 Å². The van der Waals surface area contributed by atoms with Crippen LogP contribution in [0.2, 0.25) is 5.02 Å². The molecule has 2 rings (SSSR count). The molecule has 0 atom stereocenters. The Morgan fingerprint density at radius 2 is 1.90 bits per heavy atom. The first-order valence-corrected chi connectivity index (χ1v) is 8.19. The van der Waals surface area contributed by atoms with Gasteiger partial charge in [0.2, 0.25) is 10.0 Å². The number of hydrogen-bond acceptors (Lipinski definition) is 3. The molecule has 0 fully saturated rings. The van der Waals surface area contributed by atoms with Gasteiger partial charge < -0.3 is 5.73 Å². The summed E-state index contributed by atoms with van der Waals surface area (Å²) in [4.78, 5) is 0.0325. The Kier molecular flexibility index (Phi) is 4.56. The number of sulfonamides is 1. The van der Waals surface area contributed by atoms with Gasteiger partial charge in [-0.1, -0.05) is 41.4 Å². The van der Waals surface area contributed by atoms with Crippen LogP contribution in [0.1, 0.15) is 11.1 Å². The highest BCUT2D eigenvalue weighted by atomic mass is 35.5. The molecule has 0 saturated heterocycles. The van der Waals surface area contributed by atoms with E-state index in [-0.39, 0.29) is 17.1 Å². The SMILES string of the molecule is Cc1cccc(CN(C)S(=O)(=O)c2cc(Cl)ccc2N)c1. The Bertz CT molecular complexity index is 760. The quantitative estimate of drug-likeness (QED) is 0.879. The number of hydrogen-bond donors (Lipinski definition) is 1. The molecule has 0 aromatic heterocycles. The predicted octanol–water partition coefficient (Wildman–Crippen LogP) is 3.05. The Balaban J connectivity index is 2.33. The Morgan fingerprint density at radius 1 is 1.19 bits per heavy atom. The molecule has 2 aromatic carbocycles. The fraction of sp³-hybridized carbons (Fsp3) is 0.200. The van der Waals surface area contributed by atoms with Crippen molar-refractivity contribution < 1.29 is 8.42 Å². The minimum absolute atomic E-state index is 0.0325. The van der Waals surface area contributed by atoms with Crippen molar-refractivity contribution in [1.82, 2.24) is 4.31 Å². The first-order chi connectivity index (χ1) is 9.80. The zero-order valence-electron chi connectivity index (χ0n) is 11.9. The third-order valence-electron chi connectivity index (χ3n) is 3.15. The zero-order chi connectivity index (χ0) is 15.6. The van der Waals surface area contributed by atoms with Crippen LogP contribution in [0.15, 0.2) is 47.4 Å². The second-order valence-electron chi connectivity index (χ2n) is 4.93. The second kappa shape index (κ2) is 6.05. The molecule has 0 bridgehead atoms. The summed E-state index contributed by atoms with van der Waals surface area (Å²) >= 11 is 5.87. The average Bonchev–Trinajstić information content (AvgIpc) is 2.41. The monoisotopic (exact) mass is 324 g/mol. The van der Waals surface area contributed by atoms with Crippen LogP contribution in [0.4, 0.5) is 5.69 Å². The van der Waals surface area contributed by atoms with Crippen molar-refractivity contribution in [2.75, 3.05) is 12.8 Å². The lowest BCUT2D eigenvalue weighted by molar-refractivity contribution is 0.467. The van der Waals surface area contributed by atoms with E-state index in [1.165, 1.54) is 23.5 Å². The first-order valence-electron chi connectivity index (χ1n) is 6.37. The average molecular weight is 325 g/mol. The lowest BCUT2D eigenvalue weighted by Gasteiger charge is -2.18. The summed E-state index contributed by atoms with van der Waals surface area (Å²) in [5, 5.41) is 0.340. The number of halogens is 1. The van der Waals surface area contributed by atoms with E-state index < -0.39 is 10.0 Å². The van der Waals surface area contributed by atoms with Gasteiger partial charge in [-0.3, -0.25) is 0 Å². The summed E-state index contributed by atoms with van der Waals surface area (Å²) in [5.41, 5.74) is 7.96. The maximum absolute atomic E-state index is 12.6. The number of nitrogen functional groups attached to an aromatic ring is 1. The summed E-state index contributed by atoms with van der Waals surface area (Å²) < 4.78 is 26.4. The van der Waals surface area contributed by atoms with Gasteiger partial charge in [-0.25, -0.2) is 8.42 Å². The number of nitrogens with two attached hydrogens (primary N) is 1. The highest BCUT2D eigenvalue weighted by molar-refractivity contribution is 7.89. The molecule has 2 N–H and O–H groups in total. The van der Waals surface area contributed by atoms with E-state index >= 15 is 0 Å². The Labute approximate surface area is 130 Å². The largest absolute Gasteiger partial charge is 0.398 e. The van der Waals surface area contributed by atoms with Gasteiger partial charge in [0, 0.05) is 18.6 Å². The van der Waals surface area contributed by atoms with Gasteiger partial charge in [0.25, 0.3) is 0 Å². The third kappa shape index (κ3) is 3.56. The predicted molar refractivity (Wildman–Crippen MR) is 85.7 cm³/mol. The van der Waals surface area contributed by atoms with Crippen LogP contribution in [0.3, 0.4) is 0 Å². The van der Waals surface area contributed by atoms with Gasteiger partial charge in [0.05, 0.1) is 5.69 Å². The van der Waals surface area contributed by atoms with Crippen LogP contribution in [0.25, 0.3) is 0 Å². The topological polar surface area (TPSA) is 63.4 Å². The molecular weight excluding hydrogens is 308 g/mol. The van der Waals surface area contributed by atoms with E-state index in [1.807, 2.05) is 31.2 Å². The van der Waals surface area contributed by atoms with Crippen LogP contribution >= 0.6 is 11.6 Å². The van der Waals surface area contributed by atoms with Crippen molar-refractivity contribution in [3.63, 3.8) is 0 Å². The molecule has 0 aliphatic rings. The van der Waals surface area contributed by atoms with Crippen LogP contribution < -0.4 is 5.73 Å². The molecule has 2 aromatic rings. The number of rotatable bonds is 4. The molecule has 0 heterocycles. The van der Waals surface area contributed by atoms with E-state index in [4.69, 9.17) is 17.3 Å². The van der Waals surface area contributed by atoms with Crippen molar-refractivity contribution >= 4 is 27.3 Å². The van der Waals surface area contributed by atoms with E-state index in [2.05, 4.69) is 0 Å². The maximum Gasteiger partial charge on any atom is 0.245 e. The summed E-state index contributed by atoms with van der Waals surface area (Å²) in [5.74, 6) is 0. The lowest BCUT2D eigenvalue weighted by atomic mass is 10.1. The maximum atomic E-state index is 12.6. The Hall–Kier alpha value is -1.56. The molecule has 0 spiro atoms. The normalized spacial score (nSPS) is 11.8. The molecule has 0 radical (unpaired) electrons. The van der Waals surface area contributed by atoms with Gasteiger partial charge in [-0.15, -0.1) is 0 Å². The molecule has 0 aliphatic carbocycles. The molecule has 4 nitrogen and oxygen atoms in total. The van der Waals surface area contributed by atoms with Gasteiger partial charge >= 0.3 is 0 Å². The van der Waals surface area contributed by atoms with Crippen molar-refractivity contribution in [1.29, 1.82) is 0 Å². The highest BCUT2D eigenvalue weighted by Crippen LogP contribution is 2.26. The standard InChI is InChI=1S/C15H17ClN2O2S/c1-11-4-3-5-12(8-11)10-18(2)21(19,20)15-9-13(16)6-7-14(15)17/h3-9H,10,17H2,1-2H3. The van der Waals surface area contributed by atoms with Gasteiger partial charge in [-0.2, -0.15) is 4.31 Å². The summed E-state index contributed by atoms with van der Waals surface area (Å²) in [6.07, 6.45) is 0. The highest BCUT2D eigenvalue weighted by Gasteiger charge is 2.23. The van der Waals surface area contributed by atoms with Crippen LogP contribution in [-0.2, 0) is 16.6 Å². The van der Waals surface area contributed by atoms with E-state index in [1.54, 1.807) is 6.07 Å². The van der Waals surface area contributed by atoms with Crippen LogP contribution in [0, 0.1) is 6.92 Å². The number of anilines is 1. The minimum Gasteiger partial charge on any atom is -0.398 e. The lowest BCUT2D eigenvalue weighted by Crippen LogP contribution is -2.27. The van der Waals surface area contributed by atoms with E-state index in [0.717, 1.165) is 11.1 Å².